The minimum Gasteiger partial charge on any atom is -0.399 e. The van der Waals surface area contributed by atoms with E-state index >= 15 is 0 Å². The molecule has 0 aliphatic carbocycles. The molecule has 0 aromatic heterocycles. The van der Waals surface area contributed by atoms with Crippen LogP contribution in [-0.4, -0.2) is 205 Å². The molecule has 4 heterocycles. The van der Waals surface area contributed by atoms with Crippen molar-refractivity contribution in [3.63, 3.8) is 0 Å². The topological polar surface area (TPSA) is 240 Å². The summed E-state index contributed by atoms with van der Waals surface area (Å²) in [6.07, 6.45) is 10.6. The monoisotopic (exact) mass is 1080 g/mol. The number of nitrogens with two attached hydrogens (primary N) is 8. The molecule has 0 spiro atoms. The van der Waals surface area contributed by atoms with Gasteiger partial charge >= 0.3 is 0 Å². The van der Waals surface area contributed by atoms with Crippen LogP contribution in [0.4, 0.5) is 68.2 Å². The zero-order valence-corrected chi connectivity index (χ0v) is 49.7. The summed E-state index contributed by atoms with van der Waals surface area (Å²) in [6, 6.07) is 22.7. The Labute approximate surface area is 471 Å². The van der Waals surface area contributed by atoms with E-state index in [1.807, 2.05) is 72.8 Å². The molecule has 0 bridgehead atoms. The molecule has 4 aromatic rings. The molecule has 4 fully saturated rings. The number of anilines is 12. The number of morpholine rings is 2. The predicted molar refractivity (Wildman–Crippen MR) is 336 cm³/mol. The van der Waals surface area contributed by atoms with Crippen LogP contribution in [-0.2, 0) is 9.47 Å². The molecule has 0 unspecified atom stereocenters. The average Bonchev–Trinajstić information content (AvgIpc) is 3.41. The Bertz CT molecular complexity index is 2230. The maximum atomic E-state index is 6.03. The molecule has 0 atom stereocenters. The van der Waals surface area contributed by atoms with E-state index in [0.29, 0.717) is 0 Å². The highest BCUT2D eigenvalue weighted by Gasteiger charge is 2.28. The molecule has 4 aliphatic rings. The van der Waals surface area contributed by atoms with Crippen LogP contribution < -0.4 is 65.5 Å². The van der Waals surface area contributed by atoms with Gasteiger partial charge in [-0.25, -0.2) is 0 Å². The standard InChI is InChI=1S/C16H29N4.C15H27N4O.C15H27N4.C14H25N4O/c1-19(16-13-14(17)7-8-15(16)18)9-6-12-20(2)10-4-3-5-11-20;1-18(15-12-13(16)4-5-14(15)17)6-3-7-19(2)8-10-20-11-9-19;1-18(15-12-13(16)6-7-14(15)17)8-11-19(2)9-4-3-5-10-19;1-17(14-11-12(15)3-4-13(14)16)5-6-18(2)7-9-19-10-8-18/h7-8,13H,3-6,9-12,17-18H2,1-2H3;4-5,12H,3,6-11,16-17H2,1-2H3;6-7,12H,3-5,8-11,16-17H2,1-2H3;3-4,11H,5-10,15-16H2,1-2H3/q4*+1. The molecule has 16 N–H and O–H groups in total. The first-order chi connectivity index (χ1) is 37.0. The Morgan fingerprint density at radius 1 is 0.333 bits per heavy atom. The number of quaternary nitrogens is 4. The van der Waals surface area contributed by atoms with Crippen molar-refractivity contribution in [2.75, 3.05) is 253 Å². The molecule has 18 heteroatoms. The Morgan fingerprint density at radius 2 is 0.577 bits per heavy atom. The van der Waals surface area contributed by atoms with Gasteiger partial charge in [0.25, 0.3) is 0 Å². The normalized spacial score (nSPS) is 18.1. The molecule has 4 aromatic carbocycles. The van der Waals surface area contributed by atoms with Crippen LogP contribution in [0.2, 0.25) is 0 Å². The highest BCUT2D eigenvalue weighted by molar-refractivity contribution is 5.74. The largest absolute Gasteiger partial charge is 0.399 e. The fourth-order valence-electron chi connectivity index (χ4n) is 11.2. The van der Waals surface area contributed by atoms with Crippen molar-refractivity contribution >= 4 is 68.2 Å². The number of nitrogens with zero attached hydrogens (tertiary/aromatic N) is 8. The fraction of sp³-hybridized carbons (Fsp3) is 0.600. The number of hydrogen-bond acceptors (Lipinski definition) is 14. The maximum Gasteiger partial charge on any atom is 0.102 e. The number of nitrogen functional groups attached to an aromatic ring is 8. The van der Waals surface area contributed by atoms with Crippen molar-refractivity contribution in [3.8, 4) is 0 Å². The highest BCUT2D eigenvalue weighted by Crippen LogP contribution is 2.29. The van der Waals surface area contributed by atoms with Gasteiger partial charge in [-0.05, 0) is 111 Å². The van der Waals surface area contributed by atoms with E-state index in [4.69, 9.17) is 55.3 Å². The van der Waals surface area contributed by atoms with Gasteiger partial charge in [-0.1, -0.05) is 0 Å². The summed E-state index contributed by atoms with van der Waals surface area (Å²) in [6.45, 7) is 21.9. The van der Waals surface area contributed by atoms with Gasteiger partial charge in [0, 0.05) is 76.9 Å². The third-order valence-electron chi connectivity index (χ3n) is 17.1. The van der Waals surface area contributed by atoms with Crippen molar-refractivity contribution in [1.29, 1.82) is 0 Å². The number of hydrogen-bond donors (Lipinski definition) is 8. The smallest absolute Gasteiger partial charge is 0.102 e. The second kappa shape index (κ2) is 30.0. The van der Waals surface area contributed by atoms with Crippen LogP contribution in [0.5, 0.6) is 0 Å². The summed E-state index contributed by atoms with van der Waals surface area (Å²) in [5, 5.41) is 0. The Balaban J connectivity index is 0.000000192. The lowest BCUT2D eigenvalue weighted by atomic mass is 10.1. The third-order valence-corrected chi connectivity index (χ3v) is 17.1. The highest BCUT2D eigenvalue weighted by atomic mass is 16.5. The van der Waals surface area contributed by atoms with E-state index in [1.54, 1.807) is 0 Å². The summed E-state index contributed by atoms with van der Waals surface area (Å²) < 4.78 is 15.5. The van der Waals surface area contributed by atoms with Crippen molar-refractivity contribution in [2.45, 2.75) is 51.4 Å². The summed E-state index contributed by atoms with van der Waals surface area (Å²) in [7, 11) is 17.7. The lowest BCUT2D eigenvalue weighted by molar-refractivity contribution is -0.916. The molecule has 0 amide bonds. The first-order valence-corrected chi connectivity index (χ1v) is 28.9. The minimum absolute atomic E-state index is 0.753. The van der Waals surface area contributed by atoms with Gasteiger partial charge < -0.3 is 92.9 Å². The average molecular weight is 1090 g/mol. The first-order valence-electron chi connectivity index (χ1n) is 28.9. The van der Waals surface area contributed by atoms with E-state index in [2.05, 4.69) is 76.0 Å². The quantitative estimate of drug-likeness (QED) is 0.0413. The van der Waals surface area contributed by atoms with Gasteiger partial charge in [-0.15, -0.1) is 0 Å². The summed E-state index contributed by atoms with van der Waals surface area (Å²) >= 11 is 0. The van der Waals surface area contributed by atoms with Crippen molar-refractivity contribution in [2.24, 2.45) is 0 Å². The van der Waals surface area contributed by atoms with Crippen LogP contribution in [0, 0.1) is 0 Å². The molecule has 0 saturated carbocycles. The van der Waals surface area contributed by atoms with E-state index in [0.717, 1.165) is 169 Å². The molecule has 8 rings (SSSR count). The number of benzene rings is 4. The number of rotatable bonds is 18. The van der Waals surface area contributed by atoms with Crippen LogP contribution in [0.1, 0.15) is 51.4 Å². The molecular formula is C60H108N16O2+4. The van der Waals surface area contributed by atoms with Gasteiger partial charge in [0.1, 0.15) is 26.2 Å². The van der Waals surface area contributed by atoms with Gasteiger partial charge in [0.2, 0.25) is 0 Å². The lowest BCUT2D eigenvalue weighted by Crippen LogP contribution is -2.54. The number of likely N-dealkylation sites (tertiary alicyclic amines) is 2. The Kier molecular flexibility index (Phi) is 24.3. The predicted octanol–water partition coefficient (Wildman–Crippen LogP) is 6.14. The second-order valence-electron chi connectivity index (χ2n) is 24.2. The number of ether oxygens (including phenoxy) is 2. The Morgan fingerprint density at radius 3 is 0.872 bits per heavy atom. The minimum atomic E-state index is 0.753. The molecule has 0 radical (unpaired) electrons. The van der Waals surface area contributed by atoms with Crippen LogP contribution in [0.15, 0.2) is 72.8 Å². The van der Waals surface area contributed by atoms with Crippen LogP contribution in [0.25, 0.3) is 0 Å². The van der Waals surface area contributed by atoms with Crippen LogP contribution >= 0.6 is 0 Å². The Hall–Kier alpha value is -5.76. The van der Waals surface area contributed by atoms with Gasteiger partial charge in [-0.2, -0.15) is 0 Å². The van der Waals surface area contributed by atoms with Crippen molar-refractivity contribution < 1.29 is 27.4 Å². The molecule has 4 saturated heterocycles. The summed E-state index contributed by atoms with van der Waals surface area (Å²) in [5.41, 5.74) is 57.8. The van der Waals surface area contributed by atoms with E-state index in [1.165, 1.54) is 99.7 Å². The maximum absolute atomic E-state index is 6.03. The first kappa shape index (κ1) is 63.1. The third kappa shape index (κ3) is 20.5. The SMILES string of the molecule is CN(CCC[N+]1(C)CCCCC1)c1cc(N)ccc1N.CN(CCC[N+]1(C)CCOCC1)c1cc(N)ccc1N.CN(CC[N+]1(C)CCCCC1)c1cc(N)ccc1N.CN(CC[N+]1(C)CCOCC1)c1cc(N)ccc1N. The van der Waals surface area contributed by atoms with E-state index in [-0.39, 0.29) is 0 Å². The van der Waals surface area contributed by atoms with Gasteiger partial charge in [0.15, 0.2) is 0 Å². The molecule has 4 aliphatic heterocycles. The second-order valence-corrected chi connectivity index (χ2v) is 24.2. The fourth-order valence-corrected chi connectivity index (χ4v) is 11.2. The van der Waals surface area contributed by atoms with Crippen LogP contribution in [0.3, 0.4) is 0 Å². The van der Waals surface area contributed by atoms with Crippen molar-refractivity contribution in [3.05, 3.63) is 72.8 Å². The zero-order chi connectivity index (χ0) is 56.9. The van der Waals surface area contributed by atoms with E-state index < -0.39 is 0 Å². The molecular weight excluding hydrogens is 977 g/mol. The van der Waals surface area contributed by atoms with Gasteiger partial charge in [-0.3, -0.25) is 0 Å². The number of likely N-dealkylation sites (N-methyl/N-ethyl adjacent to an activating group) is 5. The lowest BCUT2D eigenvalue weighted by Gasteiger charge is -2.39. The van der Waals surface area contributed by atoms with Gasteiger partial charge in [0.05, 0.1) is 166 Å². The molecule has 78 heavy (non-hydrogen) atoms. The molecule has 436 valence electrons. The summed E-state index contributed by atoms with van der Waals surface area (Å²) in [5.74, 6) is 0. The number of piperidine rings is 2. The zero-order valence-electron chi connectivity index (χ0n) is 49.7. The van der Waals surface area contributed by atoms with Crippen molar-refractivity contribution in [1.82, 2.24) is 0 Å². The van der Waals surface area contributed by atoms with E-state index in [9.17, 15) is 0 Å². The molecule has 18 nitrogen and oxygen atoms in total. The summed E-state index contributed by atoms with van der Waals surface area (Å²) in [4.78, 5) is 8.83.